The Bertz CT molecular complexity index is 1100. The molecule has 1 aromatic carbocycles. The van der Waals surface area contributed by atoms with Gasteiger partial charge in [0.2, 0.25) is 23.6 Å². The summed E-state index contributed by atoms with van der Waals surface area (Å²) in [5, 5.41) is 56.1. The number of aromatic hydroxyl groups is 1. The minimum Gasteiger partial charge on any atom is -0.508 e. The quantitative estimate of drug-likeness (QED) is 0.0632. The molecule has 17 heteroatoms. The first-order valence-electron chi connectivity index (χ1n) is 13.4. The number of aliphatic carboxylic acids is 2. The molecule has 17 nitrogen and oxygen atoms in total. The summed E-state index contributed by atoms with van der Waals surface area (Å²) >= 11 is 0. The van der Waals surface area contributed by atoms with E-state index in [-0.39, 0.29) is 31.6 Å². The Labute approximate surface area is 247 Å². The van der Waals surface area contributed by atoms with E-state index >= 15 is 0 Å². The number of carbonyl (C=O) groups is 6. The highest BCUT2D eigenvalue weighted by molar-refractivity contribution is 5.95. The Kier molecular flexibility index (Phi) is 16.2. The van der Waals surface area contributed by atoms with Gasteiger partial charge in [-0.3, -0.25) is 24.0 Å². The first kappa shape index (κ1) is 36.7. The van der Waals surface area contributed by atoms with Crippen LogP contribution >= 0.6 is 0 Å². The fraction of sp³-hybridized carbons (Fsp3) is 0.538. The Morgan fingerprint density at radius 2 is 1.19 bits per heavy atom. The molecule has 0 saturated heterocycles. The second kappa shape index (κ2) is 19.0. The van der Waals surface area contributed by atoms with E-state index < -0.39 is 85.4 Å². The van der Waals surface area contributed by atoms with Crippen molar-refractivity contribution in [3.8, 4) is 5.75 Å². The van der Waals surface area contributed by atoms with Crippen molar-refractivity contribution < 1.29 is 54.3 Å². The molecule has 0 heterocycles. The van der Waals surface area contributed by atoms with Gasteiger partial charge in [-0.25, -0.2) is 4.79 Å². The summed E-state index contributed by atoms with van der Waals surface area (Å²) in [4.78, 5) is 73.4. The van der Waals surface area contributed by atoms with Gasteiger partial charge in [0.1, 0.15) is 29.9 Å². The molecule has 0 aliphatic heterocycles. The van der Waals surface area contributed by atoms with Crippen molar-refractivity contribution in [2.75, 3.05) is 19.8 Å². The molecule has 43 heavy (non-hydrogen) atoms. The summed E-state index contributed by atoms with van der Waals surface area (Å²) in [5.74, 6) is -6.46. The molecular formula is C26H40N6O11. The molecule has 4 amide bonds. The molecular weight excluding hydrogens is 572 g/mol. The molecule has 0 bridgehead atoms. The molecule has 0 aliphatic rings. The van der Waals surface area contributed by atoms with Gasteiger partial charge in [-0.2, -0.15) is 0 Å². The molecule has 0 unspecified atom stereocenters. The molecule has 0 aliphatic carbocycles. The van der Waals surface area contributed by atoms with Gasteiger partial charge in [-0.1, -0.05) is 12.1 Å². The molecule has 0 fully saturated rings. The highest BCUT2D eigenvalue weighted by atomic mass is 16.4. The lowest BCUT2D eigenvalue weighted by Gasteiger charge is -2.25. The maximum absolute atomic E-state index is 13.1. The molecule has 0 radical (unpaired) electrons. The first-order chi connectivity index (χ1) is 20.3. The standard InChI is InChI=1S/C26H40N6O11/c27-10-2-1-3-17(29-24(40)19(12-33)31-22(38)16(28)8-9-21(36)37)23(39)32-20(13-34)25(41)30-18(26(42)43)11-14-4-6-15(35)7-5-14/h4-7,16-20,33-35H,1-3,8-13,27-28H2,(H,29,40)(H,30,41)(H,31,38)(H,32,39)(H,36,37)(H,42,43)/t16-,17-,18-,19-,20-/m0/s1. The van der Waals surface area contributed by atoms with Crippen LogP contribution in [0.4, 0.5) is 0 Å². The van der Waals surface area contributed by atoms with E-state index in [2.05, 4.69) is 21.3 Å². The van der Waals surface area contributed by atoms with Gasteiger partial charge in [0, 0.05) is 12.8 Å². The third-order valence-corrected chi connectivity index (χ3v) is 6.21. The molecule has 5 atom stereocenters. The van der Waals surface area contributed by atoms with E-state index in [0.29, 0.717) is 18.4 Å². The van der Waals surface area contributed by atoms with Gasteiger partial charge < -0.3 is 58.3 Å². The van der Waals surface area contributed by atoms with Crippen LogP contribution in [-0.2, 0) is 35.2 Å². The number of nitrogens with two attached hydrogens (primary N) is 2. The Morgan fingerprint density at radius 3 is 1.67 bits per heavy atom. The first-order valence-corrected chi connectivity index (χ1v) is 13.4. The van der Waals surface area contributed by atoms with Crippen LogP contribution in [-0.4, -0.2) is 111 Å². The number of phenolic OH excluding ortho intramolecular Hbond substituents is 1. The van der Waals surface area contributed by atoms with E-state index in [9.17, 15) is 49.2 Å². The van der Waals surface area contributed by atoms with Crippen molar-refractivity contribution in [3.05, 3.63) is 29.8 Å². The lowest BCUT2D eigenvalue weighted by Crippen LogP contribution is -2.59. The molecule has 240 valence electrons. The lowest BCUT2D eigenvalue weighted by atomic mass is 10.0. The van der Waals surface area contributed by atoms with Gasteiger partial charge in [-0.05, 0) is 49.9 Å². The van der Waals surface area contributed by atoms with E-state index in [1.165, 1.54) is 24.3 Å². The summed E-state index contributed by atoms with van der Waals surface area (Å²) in [7, 11) is 0. The number of phenols is 1. The van der Waals surface area contributed by atoms with Crippen LogP contribution in [0, 0.1) is 0 Å². The highest BCUT2D eigenvalue weighted by Gasteiger charge is 2.31. The van der Waals surface area contributed by atoms with Crippen LogP contribution in [0.5, 0.6) is 5.75 Å². The number of unbranched alkanes of at least 4 members (excludes halogenated alkanes) is 1. The predicted molar refractivity (Wildman–Crippen MR) is 149 cm³/mol. The average Bonchev–Trinajstić information content (AvgIpc) is 2.96. The molecule has 1 rings (SSSR count). The summed E-state index contributed by atoms with van der Waals surface area (Å²) in [6, 6.07) is -1.61. The summed E-state index contributed by atoms with van der Waals surface area (Å²) in [5.41, 5.74) is 11.6. The van der Waals surface area contributed by atoms with Gasteiger partial charge in [0.15, 0.2) is 0 Å². The maximum atomic E-state index is 13.1. The number of nitrogens with one attached hydrogen (secondary N) is 4. The van der Waals surface area contributed by atoms with Crippen molar-refractivity contribution in [3.63, 3.8) is 0 Å². The Balaban J connectivity index is 2.94. The molecule has 0 spiro atoms. The third-order valence-electron chi connectivity index (χ3n) is 6.21. The van der Waals surface area contributed by atoms with Gasteiger partial charge in [-0.15, -0.1) is 0 Å². The number of benzene rings is 1. The lowest BCUT2D eigenvalue weighted by molar-refractivity contribution is -0.142. The second-order valence-electron chi connectivity index (χ2n) is 9.64. The SMILES string of the molecule is NCCCC[C@H](NC(=O)[C@H](CO)NC(=O)[C@@H](N)CCC(=O)O)C(=O)N[C@@H](CO)C(=O)N[C@@H](Cc1ccc(O)cc1)C(=O)O. The van der Waals surface area contributed by atoms with Crippen LogP contribution in [0.25, 0.3) is 0 Å². The monoisotopic (exact) mass is 612 g/mol. The summed E-state index contributed by atoms with van der Waals surface area (Å²) in [6.07, 6.45) is 0.0102. The normalized spacial score (nSPS) is 14.3. The topological polar surface area (TPSA) is 304 Å². The largest absolute Gasteiger partial charge is 0.508 e. The molecule has 13 N–H and O–H groups in total. The van der Waals surface area contributed by atoms with Crippen LogP contribution in [0.15, 0.2) is 24.3 Å². The number of amides is 4. The maximum Gasteiger partial charge on any atom is 0.326 e. The zero-order valence-electron chi connectivity index (χ0n) is 23.4. The number of carboxylic acid groups (broad SMARTS) is 2. The molecule has 0 aromatic heterocycles. The van der Waals surface area contributed by atoms with E-state index in [0.717, 1.165) is 0 Å². The number of carbonyl (C=O) groups excluding carboxylic acids is 4. The number of rotatable bonds is 20. The average molecular weight is 613 g/mol. The van der Waals surface area contributed by atoms with Gasteiger partial charge >= 0.3 is 11.9 Å². The van der Waals surface area contributed by atoms with E-state index in [1.807, 2.05) is 0 Å². The smallest absolute Gasteiger partial charge is 0.326 e. The number of carboxylic acids is 2. The van der Waals surface area contributed by atoms with E-state index in [1.54, 1.807) is 0 Å². The summed E-state index contributed by atoms with van der Waals surface area (Å²) in [6.45, 7) is -1.54. The highest BCUT2D eigenvalue weighted by Crippen LogP contribution is 2.12. The zero-order chi connectivity index (χ0) is 32.5. The van der Waals surface area contributed by atoms with Crippen molar-refractivity contribution in [1.82, 2.24) is 21.3 Å². The number of hydrogen-bond acceptors (Lipinski definition) is 11. The van der Waals surface area contributed by atoms with Crippen LogP contribution in [0.1, 0.15) is 37.7 Å². The number of aliphatic hydroxyl groups is 2. The zero-order valence-corrected chi connectivity index (χ0v) is 23.4. The van der Waals surface area contributed by atoms with Gasteiger partial charge in [0.25, 0.3) is 0 Å². The Morgan fingerprint density at radius 1 is 0.698 bits per heavy atom. The van der Waals surface area contributed by atoms with Crippen molar-refractivity contribution >= 4 is 35.6 Å². The third kappa shape index (κ3) is 13.5. The summed E-state index contributed by atoms with van der Waals surface area (Å²) < 4.78 is 0. The second-order valence-corrected chi connectivity index (χ2v) is 9.64. The number of aliphatic hydroxyl groups excluding tert-OH is 2. The molecule has 1 aromatic rings. The molecule has 0 saturated carbocycles. The van der Waals surface area contributed by atoms with Gasteiger partial charge in [0.05, 0.1) is 19.3 Å². The fourth-order valence-electron chi connectivity index (χ4n) is 3.72. The van der Waals surface area contributed by atoms with Crippen LogP contribution in [0.2, 0.25) is 0 Å². The minimum absolute atomic E-state index is 0.0113. The fourth-order valence-corrected chi connectivity index (χ4v) is 3.72. The van der Waals surface area contributed by atoms with Crippen molar-refractivity contribution in [2.24, 2.45) is 11.5 Å². The Hall–Kier alpha value is -4.32. The minimum atomic E-state index is -1.61. The van der Waals surface area contributed by atoms with Crippen molar-refractivity contribution in [1.29, 1.82) is 0 Å². The van der Waals surface area contributed by atoms with Crippen LogP contribution < -0.4 is 32.7 Å². The van der Waals surface area contributed by atoms with E-state index in [4.69, 9.17) is 16.6 Å². The van der Waals surface area contributed by atoms with Crippen molar-refractivity contribution in [2.45, 2.75) is 68.7 Å². The predicted octanol–water partition coefficient (Wildman–Crippen LogP) is -3.74. The van der Waals surface area contributed by atoms with Crippen LogP contribution in [0.3, 0.4) is 0 Å². The number of hydrogen-bond donors (Lipinski definition) is 11.